The molecule has 1 aliphatic rings. The van der Waals surface area contributed by atoms with Crippen LogP contribution in [0.2, 0.25) is 5.02 Å². The van der Waals surface area contributed by atoms with Gasteiger partial charge in [0.15, 0.2) is 0 Å². The maximum Gasteiger partial charge on any atom is 0.258 e. The van der Waals surface area contributed by atoms with Crippen molar-refractivity contribution < 1.29 is 4.74 Å². The zero-order valence-corrected chi connectivity index (χ0v) is 11.4. The molecular weight excluding hydrogens is 292 g/mol. The Morgan fingerprint density at radius 3 is 2.76 bits per heavy atom. The third-order valence-corrected chi connectivity index (χ3v) is 3.48. The molecule has 21 heavy (non-hydrogen) atoms. The van der Waals surface area contributed by atoms with Crippen LogP contribution in [-0.4, -0.2) is 9.97 Å². The van der Waals surface area contributed by atoms with Gasteiger partial charge >= 0.3 is 0 Å². The molecule has 0 aliphatic carbocycles. The Morgan fingerprint density at radius 1 is 1.38 bits per heavy atom. The van der Waals surface area contributed by atoms with E-state index >= 15 is 0 Å². The number of aromatic nitrogens is 2. The van der Waals surface area contributed by atoms with Crippen LogP contribution in [0.25, 0.3) is 0 Å². The fraction of sp³-hybridized carbons (Fsp3) is 0.0714. The Balaban J connectivity index is 2.28. The van der Waals surface area contributed by atoms with Gasteiger partial charge in [-0.1, -0.05) is 23.7 Å². The summed E-state index contributed by atoms with van der Waals surface area (Å²) >= 11 is 5.87. The number of rotatable bonds is 1. The van der Waals surface area contributed by atoms with Crippen LogP contribution in [0.15, 0.2) is 46.8 Å². The molecule has 0 amide bonds. The molecule has 1 aromatic heterocycles. The van der Waals surface area contributed by atoms with E-state index < -0.39 is 5.92 Å². The van der Waals surface area contributed by atoms with Crippen LogP contribution < -0.4 is 16.0 Å². The molecule has 0 spiro atoms. The van der Waals surface area contributed by atoms with Crippen molar-refractivity contribution in [3.8, 4) is 11.9 Å². The zero-order valence-electron chi connectivity index (χ0n) is 10.6. The van der Waals surface area contributed by atoms with Gasteiger partial charge in [-0.15, -0.1) is 0 Å². The molecule has 0 radical (unpaired) electrons. The monoisotopic (exact) mass is 300 g/mol. The summed E-state index contributed by atoms with van der Waals surface area (Å²) in [6, 6.07) is 8.84. The fourth-order valence-electron chi connectivity index (χ4n) is 2.28. The Kier molecular flexibility index (Phi) is 3.12. The largest absolute Gasteiger partial charge is 0.422 e. The number of benzene rings is 1. The van der Waals surface area contributed by atoms with Crippen molar-refractivity contribution in [2.75, 3.05) is 0 Å². The normalized spacial score (nSPS) is 16.9. The van der Waals surface area contributed by atoms with Crippen LogP contribution >= 0.6 is 11.6 Å². The first-order chi connectivity index (χ1) is 10.1. The van der Waals surface area contributed by atoms with Gasteiger partial charge in [0, 0.05) is 5.02 Å². The van der Waals surface area contributed by atoms with Crippen molar-refractivity contribution in [2.24, 2.45) is 5.73 Å². The highest BCUT2D eigenvalue weighted by atomic mass is 35.5. The number of nitrogens with one attached hydrogen (secondary N) is 1. The quantitative estimate of drug-likeness (QED) is 0.833. The molecule has 3 rings (SSSR count). The van der Waals surface area contributed by atoms with E-state index in [-0.39, 0.29) is 28.5 Å². The van der Waals surface area contributed by atoms with E-state index in [0.717, 1.165) is 0 Å². The topological polar surface area (TPSA) is 105 Å². The second kappa shape index (κ2) is 4.96. The van der Waals surface area contributed by atoms with Crippen molar-refractivity contribution in [3.05, 3.63) is 68.6 Å². The number of hydrogen-bond acceptors (Lipinski definition) is 5. The lowest BCUT2D eigenvalue weighted by Gasteiger charge is -2.24. The van der Waals surface area contributed by atoms with Crippen LogP contribution in [0.4, 0.5) is 0 Å². The minimum Gasteiger partial charge on any atom is -0.422 e. The summed E-state index contributed by atoms with van der Waals surface area (Å²) in [4.78, 5) is 18.6. The lowest BCUT2D eigenvalue weighted by molar-refractivity contribution is 0.375. The number of fused-ring (bicyclic) bond motifs is 1. The van der Waals surface area contributed by atoms with Gasteiger partial charge in [0.2, 0.25) is 11.8 Å². The number of allylic oxidation sites excluding steroid dienone is 1. The maximum atomic E-state index is 12.1. The molecule has 7 heteroatoms. The van der Waals surface area contributed by atoms with Crippen molar-refractivity contribution in [3.63, 3.8) is 0 Å². The second-order valence-corrected chi connectivity index (χ2v) is 4.86. The van der Waals surface area contributed by atoms with Crippen molar-refractivity contribution in [2.45, 2.75) is 5.92 Å². The first kappa shape index (κ1) is 13.2. The van der Waals surface area contributed by atoms with E-state index in [1.807, 2.05) is 6.07 Å². The van der Waals surface area contributed by atoms with Gasteiger partial charge in [-0.25, -0.2) is 4.98 Å². The molecule has 0 bridgehead atoms. The van der Waals surface area contributed by atoms with E-state index in [0.29, 0.717) is 10.6 Å². The third kappa shape index (κ3) is 2.14. The van der Waals surface area contributed by atoms with Crippen molar-refractivity contribution in [1.82, 2.24) is 9.97 Å². The molecule has 1 aliphatic heterocycles. The van der Waals surface area contributed by atoms with Gasteiger partial charge in [-0.3, -0.25) is 4.79 Å². The first-order valence-electron chi connectivity index (χ1n) is 6.02. The minimum absolute atomic E-state index is 0.0527. The number of nitrogens with zero attached hydrogens (tertiary/aromatic N) is 2. The summed E-state index contributed by atoms with van der Waals surface area (Å²) in [5.74, 6) is -0.577. The van der Waals surface area contributed by atoms with Gasteiger partial charge in [0.1, 0.15) is 11.6 Å². The number of hydrogen-bond donors (Lipinski definition) is 2. The summed E-state index contributed by atoms with van der Waals surface area (Å²) in [7, 11) is 0. The highest BCUT2D eigenvalue weighted by Gasteiger charge is 2.33. The molecule has 1 atom stereocenters. The first-order valence-corrected chi connectivity index (χ1v) is 6.40. The molecule has 3 N–H and O–H groups in total. The fourth-order valence-corrected chi connectivity index (χ4v) is 2.41. The summed E-state index contributed by atoms with van der Waals surface area (Å²) < 4.78 is 5.27. The molecule has 0 saturated carbocycles. The number of ether oxygens (including phenoxy) is 1. The molecule has 0 saturated heterocycles. The van der Waals surface area contributed by atoms with E-state index in [1.54, 1.807) is 24.3 Å². The van der Waals surface area contributed by atoms with E-state index in [9.17, 15) is 10.1 Å². The van der Waals surface area contributed by atoms with E-state index in [1.165, 1.54) is 6.33 Å². The number of H-pyrrole nitrogens is 1. The van der Waals surface area contributed by atoms with Crippen LogP contribution in [0.3, 0.4) is 0 Å². The zero-order chi connectivity index (χ0) is 15.0. The molecular formula is C14H9ClN4O2. The molecule has 0 unspecified atom stereocenters. The van der Waals surface area contributed by atoms with Gasteiger partial charge in [0.25, 0.3) is 5.56 Å². The van der Waals surface area contributed by atoms with Crippen LogP contribution in [0, 0.1) is 11.3 Å². The summed E-state index contributed by atoms with van der Waals surface area (Å²) in [5, 5.41) is 9.89. The number of nitrogens with two attached hydrogens (primary N) is 1. The number of halogens is 1. The highest BCUT2D eigenvalue weighted by Crippen LogP contribution is 2.38. The minimum atomic E-state index is -0.631. The molecule has 6 nitrogen and oxygen atoms in total. The molecule has 104 valence electrons. The lowest BCUT2D eigenvalue weighted by atomic mass is 9.85. The second-order valence-electron chi connectivity index (χ2n) is 4.43. The SMILES string of the molecule is N#CC1=C(N)Oc2nc[nH]c(=O)c2[C@H]1c1ccc(Cl)cc1. The predicted octanol–water partition coefficient (Wildman–Crippen LogP) is 1.64. The molecule has 2 aromatic rings. The van der Waals surface area contributed by atoms with E-state index in [4.69, 9.17) is 22.1 Å². The summed E-state index contributed by atoms with van der Waals surface area (Å²) in [5.41, 5.74) is 6.53. The highest BCUT2D eigenvalue weighted by molar-refractivity contribution is 6.30. The van der Waals surface area contributed by atoms with Gasteiger partial charge in [-0.05, 0) is 17.7 Å². The molecule has 1 aromatic carbocycles. The Labute approximate surface area is 124 Å². The number of nitriles is 1. The van der Waals surface area contributed by atoms with E-state index in [2.05, 4.69) is 9.97 Å². The average Bonchev–Trinajstić information content (AvgIpc) is 2.47. The predicted molar refractivity (Wildman–Crippen MR) is 75.6 cm³/mol. The smallest absolute Gasteiger partial charge is 0.258 e. The Bertz CT molecular complexity index is 833. The van der Waals surface area contributed by atoms with Crippen LogP contribution in [-0.2, 0) is 0 Å². The standard InChI is InChI=1S/C14H9ClN4O2/c15-8-3-1-7(2-4-8)10-9(5-16)12(17)21-14-11(10)13(20)18-6-19-14/h1-4,6,10H,17H2,(H,18,19,20)/t10-/m0/s1. The lowest BCUT2D eigenvalue weighted by Crippen LogP contribution is -2.28. The number of aromatic amines is 1. The maximum absolute atomic E-state index is 12.1. The van der Waals surface area contributed by atoms with Crippen molar-refractivity contribution >= 4 is 11.6 Å². The molecule has 2 heterocycles. The third-order valence-electron chi connectivity index (χ3n) is 3.23. The summed E-state index contributed by atoms with van der Waals surface area (Å²) in [6.07, 6.45) is 1.23. The van der Waals surface area contributed by atoms with Gasteiger partial charge in [0.05, 0.1) is 17.8 Å². The summed E-state index contributed by atoms with van der Waals surface area (Å²) in [6.45, 7) is 0. The van der Waals surface area contributed by atoms with Crippen molar-refractivity contribution in [1.29, 1.82) is 5.26 Å². The average molecular weight is 301 g/mol. The Morgan fingerprint density at radius 2 is 2.10 bits per heavy atom. The van der Waals surface area contributed by atoms with Gasteiger partial charge in [-0.2, -0.15) is 5.26 Å². The van der Waals surface area contributed by atoms with Crippen LogP contribution in [0.5, 0.6) is 5.88 Å². The van der Waals surface area contributed by atoms with Crippen LogP contribution in [0.1, 0.15) is 17.0 Å². The van der Waals surface area contributed by atoms with Gasteiger partial charge < -0.3 is 15.5 Å². The molecule has 0 fully saturated rings. The Hall–Kier alpha value is -2.78.